The summed E-state index contributed by atoms with van der Waals surface area (Å²) in [5.41, 5.74) is 0.448. The van der Waals surface area contributed by atoms with Gasteiger partial charge in [0.25, 0.3) is 0 Å². The summed E-state index contributed by atoms with van der Waals surface area (Å²) in [6.45, 7) is 1.62. The minimum atomic E-state index is -3.55. The lowest BCUT2D eigenvalue weighted by Crippen LogP contribution is -2.35. The third-order valence-corrected chi connectivity index (χ3v) is 5.53. The molecule has 1 aromatic carbocycles. The Bertz CT molecular complexity index is 549. The van der Waals surface area contributed by atoms with E-state index in [9.17, 15) is 12.8 Å². The van der Waals surface area contributed by atoms with E-state index in [2.05, 4.69) is 4.72 Å². The molecule has 112 valence electrons. The van der Waals surface area contributed by atoms with Gasteiger partial charge in [-0.1, -0.05) is 32.1 Å². The van der Waals surface area contributed by atoms with Gasteiger partial charge in [-0.2, -0.15) is 0 Å². The van der Waals surface area contributed by atoms with Gasteiger partial charge < -0.3 is 0 Å². The fourth-order valence-electron chi connectivity index (χ4n) is 2.77. The summed E-state index contributed by atoms with van der Waals surface area (Å²) in [7, 11) is -3.55. The molecule has 0 unspecified atom stereocenters. The standard InChI is InChI=1S/C15H22FNO2S/c1-12-11-13(16)9-10-15(12)20(18,19)17-14-7-5-3-2-4-6-8-14/h9-11,14,17H,2-8H2,1H3. The van der Waals surface area contributed by atoms with Gasteiger partial charge in [-0.25, -0.2) is 17.5 Å². The van der Waals surface area contributed by atoms with Crippen LogP contribution in [0.3, 0.4) is 0 Å². The maximum atomic E-state index is 13.1. The van der Waals surface area contributed by atoms with Crippen molar-refractivity contribution in [3.8, 4) is 0 Å². The molecule has 3 nitrogen and oxygen atoms in total. The summed E-state index contributed by atoms with van der Waals surface area (Å²) < 4.78 is 40.7. The molecular weight excluding hydrogens is 277 g/mol. The van der Waals surface area contributed by atoms with Crippen LogP contribution in [0.1, 0.15) is 50.5 Å². The van der Waals surface area contributed by atoms with Gasteiger partial charge in [0.2, 0.25) is 10.0 Å². The molecule has 0 spiro atoms. The highest BCUT2D eigenvalue weighted by molar-refractivity contribution is 7.89. The van der Waals surface area contributed by atoms with Gasteiger partial charge >= 0.3 is 0 Å². The van der Waals surface area contributed by atoms with Crippen molar-refractivity contribution in [3.05, 3.63) is 29.6 Å². The van der Waals surface area contributed by atoms with Gasteiger partial charge in [-0.05, 0) is 43.5 Å². The third kappa shape index (κ3) is 4.03. The van der Waals surface area contributed by atoms with Crippen molar-refractivity contribution < 1.29 is 12.8 Å². The van der Waals surface area contributed by atoms with Crippen molar-refractivity contribution in [1.29, 1.82) is 0 Å². The number of rotatable bonds is 3. The van der Waals surface area contributed by atoms with Crippen LogP contribution in [0.2, 0.25) is 0 Å². The number of benzene rings is 1. The van der Waals surface area contributed by atoms with E-state index in [1.54, 1.807) is 6.92 Å². The molecule has 1 saturated carbocycles. The van der Waals surface area contributed by atoms with E-state index in [-0.39, 0.29) is 10.9 Å². The van der Waals surface area contributed by atoms with Crippen LogP contribution in [0.15, 0.2) is 23.1 Å². The largest absolute Gasteiger partial charge is 0.241 e. The zero-order valence-corrected chi connectivity index (χ0v) is 12.7. The van der Waals surface area contributed by atoms with Crippen LogP contribution < -0.4 is 4.72 Å². The van der Waals surface area contributed by atoms with E-state index >= 15 is 0 Å². The molecule has 1 fully saturated rings. The molecule has 20 heavy (non-hydrogen) atoms. The molecule has 0 bridgehead atoms. The number of hydrogen-bond donors (Lipinski definition) is 1. The molecule has 0 aromatic heterocycles. The lowest BCUT2D eigenvalue weighted by molar-refractivity contribution is 0.426. The molecule has 0 atom stereocenters. The lowest BCUT2D eigenvalue weighted by Gasteiger charge is -2.21. The fraction of sp³-hybridized carbons (Fsp3) is 0.600. The summed E-state index contributed by atoms with van der Waals surface area (Å²) in [5.74, 6) is -0.410. The Morgan fingerprint density at radius 2 is 1.70 bits per heavy atom. The first kappa shape index (κ1) is 15.4. The number of aryl methyl sites for hydroxylation is 1. The van der Waals surface area contributed by atoms with Crippen LogP contribution in [0.5, 0.6) is 0 Å². The second-order valence-corrected chi connectivity index (χ2v) is 7.26. The highest BCUT2D eigenvalue weighted by Crippen LogP contribution is 2.21. The molecule has 2 rings (SSSR count). The summed E-state index contributed by atoms with van der Waals surface area (Å²) in [6.07, 6.45) is 7.50. The number of sulfonamides is 1. The Balaban J connectivity index is 2.13. The van der Waals surface area contributed by atoms with Crippen molar-refractivity contribution in [2.75, 3.05) is 0 Å². The first-order chi connectivity index (χ1) is 9.49. The zero-order valence-electron chi connectivity index (χ0n) is 11.9. The summed E-state index contributed by atoms with van der Waals surface area (Å²) in [5, 5.41) is 0. The topological polar surface area (TPSA) is 46.2 Å². The first-order valence-corrected chi connectivity index (χ1v) is 8.76. The highest BCUT2D eigenvalue weighted by atomic mass is 32.2. The van der Waals surface area contributed by atoms with Crippen LogP contribution >= 0.6 is 0 Å². The maximum absolute atomic E-state index is 13.1. The average molecular weight is 299 g/mol. The molecule has 5 heteroatoms. The van der Waals surface area contributed by atoms with Gasteiger partial charge in [-0.15, -0.1) is 0 Å². The van der Waals surface area contributed by atoms with Crippen LogP contribution in [0, 0.1) is 12.7 Å². The molecule has 1 aliphatic carbocycles. The predicted octanol–water partition coefficient (Wildman–Crippen LogP) is 3.53. The molecule has 0 amide bonds. The quantitative estimate of drug-likeness (QED) is 0.928. The van der Waals surface area contributed by atoms with Crippen LogP contribution in [-0.4, -0.2) is 14.5 Å². The molecule has 1 N–H and O–H groups in total. The van der Waals surface area contributed by atoms with Crippen LogP contribution in [0.25, 0.3) is 0 Å². The predicted molar refractivity (Wildman–Crippen MR) is 77.6 cm³/mol. The molecule has 0 heterocycles. The molecule has 1 aromatic rings. The minimum Gasteiger partial charge on any atom is -0.208 e. The second-order valence-electron chi connectivity index (χ2n) is 5.57. The zero-order chi connectivity index (χ0) is 14.6. The van der Waals surface area contributed by atoms with Gasteiger partial charge in [0, 0.05) is 6.04 Å². The van der Waals surface area contributed by atoms with E-state index in [0.717, 1.165) is 25.7 Å². The van der Waals surface area contributed by atoms with Crippen LogP contribution in [-0.2, 0) is 10.0 Å². The van der Waals surface area contributed by atoms with Crippen molar-refractivity contribution in [3.63, 3.8) is 0 Å². The Morgan fingerprint density at radius 3 is 2.30 bits per heavy atom. The Kier molecular flexibility index (Phi) is 5.16. The molecule has 1 aliphatic rings. The lowest BCUT2D eigenvalue weighted by atomic mass is 9.97. The van der Waals surface area contributed by atoms with E-state index in [0.29, 0.717) is 5.56 Å². The Morgan fingerprint density at radius 1 is 1.10 bits per heavy atom. The smallest absolute Gasteiger partial charge is 0.208 e. The summed E-state index contributed by atoms with van der Waals surface area (Å²) in [4.78, 5) is 0.181. The molecule has 0 saturated heterocycles. The average Bonchev–Trinajstić information content (AvgIpc) is 2.31. The third-order valence-electron chi connectivity index (χ3n) is 3.85. The SMILES string of the molecule is Cc1cc(F)ccc1S(=O)(=O)NC1CCCCCCC1. The van der Waals surface area contributed by atoms with Crippen LogP contribution in [0.4, 0.5) is 4.39 Å². The van der Waals surface area contributed by atoms with Crippen molar-refractivity contribution in [2.45, 2.75) is 62.8 Å². The van der Waals surface area contributed by atoms with Crippen molar-refractivity contribution >= 4 is 10.0 Å². The van der Waals surface area contributed by atoms with Gasteiger partial charge in [0.15, 0.2) is 0 Å². The Labute approximate surface area is 120 Å². The normalized spacial score (nSPS) is 18.5. The second kappa shape index (κ2) is 6.68. The van der Waals surface area contributed by atoms with Crippen molar-refractivity contribution in [2.24, 2.45) is 0 Å². The monoisotopic (exact) mass is 299 g/mol. The number of halogens is 1. The van der Waals surface area contributed by atoms with Gasteiger partial charge in [0.05, 0.1) is 4.90 Å². The fourth-order valence-corrected chi connectivity index (χ4v) is 4.30. The number of nitrogens with one attached hydrogen (secondary N) is 1. The molecular formula is C15H22FNO2S. The van der Waals surface area contributed by atoms with Gasteiger partial charge in [-0.3, -0.25) is 0 Å². The molecule has 0 aliphatic heterocycles. The maximum Gasteiger partial charge on any atom is 0.241 e. The first-order valence-electron chi connectivity index (χ1n) is 7.27. The van der Waals surface area contributed by atoms with E-state index in [4.69, 9.17) is 0 Å². The summed E-state index contributed by atoms with van der Waals surface area (Å²) in [6, 6.07) is 3.80. The molecule has 0 radical (unpaired) electrons. The van der Waals surface area contributed by atoms with E-state index in [1.807, 2.05) is 0 Å². The Hall–Kier alpha value is -0.940. The minimum absolute atomic E-state index is 0.00440. The number of hydrogen-bond acceptors (Lipinski definition) is 2. The van der Waals surface area contributed by atoms with E-state index < -0.39 is 15.8 Å². The van der Waals surface area contributed by atoms with Crippen molar-refractivity contribution in [1.82, 2.24) is 4.72 Å². The summed E-state index contributed by atoms with van der Waals surface area (Å²) >= 11 is 0. The highest BCUT2D eigenvalue weighted by Gasteiger charge is 2.22. The van der Waals surface area contributed by atoms with E-state index in [1.165, 1.54) is 37.5 Å². The van der Waals surface area contributed by atoms with Gasteiger partial charge in [0.1, 0.15) is 5.82 Å².